The molecule has 4 nitrogen and oxygen atoms in total. The first kappa shape index (κ1) is 31.6. The van der Waals surface area contributed by atoms with Gasteiger partial charge < -0.3 is 0 Å². The Morgan fingerprint density at radius 2 is 0.865 bits per heavy atom. The Morgan fingerprint density at radius 3 is 1.32 bits per heavy atom. The van der Waals surface area contributed by atoms with Crippen molar-refractivity contribution >= 4 is 0 Å². The summed E-state index contributed by atoms with van der Waals surface area (Å²) in [6.07, 6.45) is 44.5. The number of nitrogens with zero attached hydrogens (tertiary/aromatic N) is 4. The molecule has 0 aliphatic heterocycles. The predicted octanol–water partition coefficient (Wildman–Crippen LogP) is 8.70. The SMILES string of the molecule is CCCCCCCCCCCCCCCCCCCC[n+]1ccn(CCCCCCn2cc[n+](C)c2)c1. The van der Waals surface area contributed by atoms with Crippen molar-refractivity contribution < 1.29 is 9.13 Å². The Bertz CT molecular complexity index is 747. The summed E-state index contributed by atoms with van der Waals surface area (Å²) in [5.74, 6) is 0. The zero-order chi connectivity index (χ0) is 26.2. The van der Waals surface area contributed by atoms with E-state index in [2.05, 4.69) is 69.7 Å². The number of aryl methyl sites for hydroxylation is 4. The first-order valence-corrected chi connectivity index (χ1v) is 16.3. The van der Waals surface area contributed by atoms with E-state index in [4.69, 9.17) is 0 Å². The first-order chi connectivity index (χ1) is 18.3. The number of hydrogen-bond donors (Lipinski definition) is 0. The maximum absolute atomic E-state index is 2.39. The Morgan fingerprint density at radius 1 is 0.459 bits per heavy atom. The molecule has 0 atom stereocenters. The average molecular weight is 515 g/mol. The van der Waals surface area contributed by atoms with Crippen LogP contribution in [-0.4, -0.2) is 9.13 Å². The third-order valence-corrected chi connectivity index (χ3v) is 7.92. The molecule has 212 valence electrons. The van der Waals surface area contributed by atoms with Gasteiger partial charge in [0, 0.05) is 0 Å². The highest BCUT2D eigenvalue weighted by atomic mass is 15.1. The zero-order valence-corrected chi connectivity index (χ0v) is 24.9. The van der Waals surface area contributed by atoms with Gasteiger partial charge in [-0.2, -0.15) is 0 Å². The molecule has 0 spiro atoms. The smallest absolute Gasteiger partial charge is 0.240 e. The van der Waals surface area contributed by atoms with E-state index < -0.39 is 0 Å². The summed E-state index contributed by atoms with van der Waals surface area (Å²) in [5, 5.41) is 0. The minimum atomic E-state index is 1.14. The fourth-order valence-corrected chi connectivity index (χ4v) is 5.48. The number of aromatic nitrogens is 4. The lowest BCUT2D eigenvalue weighted by molar-refractivity contribution is -0.696. The standard InChI is InChI=1S/C33H62N4/c1-3-4-5-6-7-8-9-10-11-12-13-14-15-16-17-18-19-22-26-36-30-31-37(33-36)27-24-21-20-23-25-35-29-28-34(2)32-35/h28-33H,3-27H2,1-2H3/q+2. The highest BCUT2D eigenvalue weighted by molar-refractivity contribution is 4.67. The first-order valence-electron chi connectivity index (χ1n) is 16.3. The van der Waals surface area contributed by atoms with E-state index in [1.165, 1.54) is 148 Å². The molecule has 0 aliphatic carbocycles. The molecule has 0 saturated heterocycles. The molecule has 0 unspecified atom stereocenters. The molecule has 0 N–H and O–H groups in total. The van der Waals surface area contributed by atoms with E-state index in [1.807, 2.05) is 0 Å². The van der Waals surface area contributed by atoms with Crippen LogP contribution in [0.2, 0.25) is 0 Å². The summed E-state index contributed by atoms with van der Waals surface area (Å²) in [4.78, 5) is 0. The second kappa shape index (κ2) is 22.4. The Labute approximate surface area is 230 Å². The summed E-state index contributed by atoms with van der Waals surface area (Å²) < 4.78 is 9.16. The fraction of sp³-hybridized carbons (Fsp3) is 0.818. The van der Waals surface area contributed by atoms with Crippen LogP contribution in [-0.2, 0) is 26.7 Å². The molecular weight excluding hydrogens is 452 g/mol. The van der Waals surface area contributed by atoms with Crippen LogP contribution >= 0.6 is 0 Å². The van der Waals surface area contributed by atoms with Crippen LogP contribution in [0.15, 0.2) is 37.4 Å². The van der Waals surface area contributed by atoms with Crippen molar-refractivity contribution in [3.8, 4) is 0 Å². The van der Waals surface area contributed by atoms with Gasteiger partial charge in [0.2, 0.25) is 12.7 Å². The molecule has 0 aromatic carbocycles. The molecule has 0 amide bonds. The van der Waals surface area contributed by atoms with Crippen LogP contribution in [0.3, 0.4) is 0 Å². The van der Waals surface area contributed by atoms with Crippen molar-refractivity contribution in [3.63, 3.8) is 0 Å². The van der Waals surface area contributed by atoms with Crippen molar-refractivity contribution in [3.05, 3.63) is 37.4 Å². The van der Waals surface area contributed by atoms with Gasteiger partial charge in [0.25, 0.3) is 0 Å². The normalized spacial score (nSPS) is 11.5. The van der Waals surface area contributed by atoms with Crippen LogP contribution in [0.25, 0.3) is 0 Å². The highest BCUT2D eigenvalue weighted by Crippen LogP contribution is 2.14. The number of hydrogen-bond acceptors (Lipinski definition) is 0. The second-order valence-electron chi connectivity index (χ2n) is 11.6. The van der Waals surface area contributed by atoms with Gasteiger partial charge in [0.1, 0.15) is 24.8 Å². The second-order valence-corrected chi connectivity index (χ2v) is 11.6. The summed E-state index contributed by atoms with van der Waals surface area (Å²) in [6.45, 7) is 5.78. The minimum Gasteiger partial charge on any atom is -0.240 e. The van der Waals surface area contributed by atoms with Crippen molar-refractivity contribution in [1.29, 1.82) is 0 Å². The lowest BCUT2D eigenvalue weighted by Crippen LogP contribution is -2.30. The monoisotopic (exact) mass is 514 g/mol. The highest BCUT2D eigenvalue weighted by Gasteiger charge is 2.04. The summed E-state index contributed by atoms with van der Waals surface area (Å²) in [6, 6.07) is 0. The fourth-order valence-electron chi connectivity index (χ4n) is 5.48. The lowest BCUT2D eigenvalue weighted by atomic mass is 10.0. The van der Waals surface area contributed by atoms with Gasteiger partial charge in [0.05, 0.1) is 26.7 Å². The zero-order valence-electron chi connectivity index (χ0n) is 24.9. The molecule has 0 bridgehead atoms. The molecule has 0 aliphatic rings. The summed E-state index contributed by atoms with van der Waals surface area (Å²) in [5.41, 5.74) is 0. The van der Waals surface area contributed by atoms with Crippen LogP contribution in [0, 0.1) is 0 Å². The van der Waals surface area contributed by atoms with Gasteiger partial charge in [-0.1, -0.05) is 110 Å². The molecule has 4 heteroatoms. The molecule has 0 saturated carbocycles. The van der Waals surface area contributed by atoms with Crippen molar-refractivity contribution in [2.24, 2.45) is 7.05 Å². The predicted molar refractivity (Wildman–Crippen MR) is 157 cm³/mol. The number of unbranched alkanes of at least 4 members (excludes halogenated alkanes) is 20. The van der Waals surface area contributed by atoms with E-state index in [0.717, 1.165) is 13.1 Å². The van der Waals surface area contributed by atoms with Crippen LogP contribution in [0.5, 0.6) is 0 Å². The van der Waals surface area contributed by atoms with Crippen LogP contribution in [0.4, 0.5) is 0 Å². The van der Waals surface area contributed by atoms with E-state index in [0.29, 0.717) is 0 Å². The van der Waals surface area contributed by atoms with Crippen molar-refractivity contribution in [2.45, 2.75) is 168 Å². The maximum atomic E-state index is 2.39. The Balaban J connectivity index is 1.29. The molecule has 2 rings (SSSR count). The number of rotatable bonds is 26. The molecule has 2 heterocycles. The van der Waals surface area contributed by atoms with Gasteiger partial charge in [-0.05, 0) is 38.5 Å². The lowest BCUT2D eigenvalue weighted by Gasteiger charge is -2.03. The quantitative estimate of drug-likeness (QED) is 0.0882. The van der Waals surface area contributed by atoms with E-state index in [1.54, 1.807) is 0 Å². The van der Waals surface area contributed by atoms with E-state index >= 15 is 0 Å². The summed E-state index contributed by atoms with van der Waals surface area (Å²) >= 11 is 0. The third kappa shape index (κ3) is 17.5. The molecule has 0 radical (unpaired) electrons. The van der Waals surface area contributed by atoms with Gasteiger partial charge >= 0.3 is 0 Å². The van der Waals surface area contributed by atoms with Gasteiger partial charge in [-0.3, -0.25) is 0 Å². The molecular formula is C33H62N4+2. The average Bonchev–Trinajstić information content (AvgIpc) is 3.53. The van der Waals surface area contributed by atoms with Crippen LogP contribution < -0.4 is 9.13 Å². The minimum absolute atomic E-state index is 1.14. The van der Waals surface area contributed by atoms with Crippen LogP contribution in [0.1, 0.15) is 148 Å². The summed E-state index contributed by atoms with van der Waals surface area (Å²) in [7, 11) is 2.08. The molecule has 2 aromatic rings. The van der Waals surface area contributed by atoms with Crippen molar-refractivity contribution in [2.75, 3.05) is 0 Å². The third-order valence-electron chi connectivity index (χ3n) is 7.92. The van der Waals surface area contributed by atoms with Gasteiger partial charge in [-0.15, -0.1) is 0 Å². The molecule has 2 aromatic heterocycles. The number of imidazole rings is 2. The van der Waals surface area contributed by atoms with E-state index in [-0.39, 0.29) is 0 Å². The largest absolute Gasteiger partial charge is 0.243 e. The Kier molecular flexibility index (Phi) is 19.2. The van der Waals surface area contributed by atoms with Crippen molar-refractivity contribution in [1.82, 2.24) is 9.13 Å². The van der Waals surface area contributed by atoms with E-state index in [9.17, 15) is 0 Å². The molecule has 37 heavy (non-hydrogen) atoms. The molecule has 0 fully saturated rings. The van der Waals surface area contributed by atoms with Gasteiger partial charge in [0.15, 0.2) is 0 Å². The maximum Gasteiger partial charge on any atom is 0.243 e. The Hall–Kier alpha value is -1.58. The topological polar surface area (TPSA) is 17.6 Å². The van der Waals surface area contributed by atoms with Gasteiger partial charge in [-0.25, -0.2) is 18.3 Å².